The zero-order valence-electron chi connectivity index (χ0n) is 16.1. The van der Waals surface area contributed by atoms with Crippen LogP contribution in [0, 0.1) is 0 Å². The van der Waals surface area contributed by atoms with Gasteiger partial charge in [-0.2, -0.15) is 5.10 Å². The van der Waals surface area contributed by atoms with Crippen LogP contribution in [0.1, 0.15) is 30.3 Å². The number of aromatic nitrogens is 4. The topological polar surface area (TPSA) is 58.8 Å². The lowest BCUT2D eigenvalue weighted by Crippen LogP contribution is -2.36. The zero-order chi connectivity index (χ0) is 18.8. The van der Waals surface area contributed by atoms with E-state index in [1.165, 1.54) is 12.1 Å². The summed E-state index contributed by atoms with van der Waals surface area (Å²) in [7, 11) is 0. The van der Waals surface area contributed by atoms with Crippen LogP contribution in [0.3, 0.4) is 0 Å². The van der Waals surface area contributed by atoms with Gasteiger partial charge in [0.05, 0.1) is 30.8 Å². The maximum atomic E-state index is 5.46. The first-order chi connectivity index (χ1) is 13.8. The highest BCUT2D eigenvalue weighted by Gasteiger charge is 2.25. The largest absolute Gasteiger partial charge is 0.378 e. The first-order valence-corrected chi connectivity index (χ1v) is 10.2. The number of nitrogens with zero attached hydrogens (tertiary/aromatic N) is 6. The van der Waals surface area contributed by atoms with E-state index in [-0.39, 0.29) is 0 Å². The standard InChI is InChI=1S/C21H26N6O/c1-2-8-22-18(5-1)15-25-9-3-4-17(14-25)21-23-20-7-6-19(16-27(20)24-21)26-10-12-28-13-11-26/h1-2,5-8,16-17H,3-4,9-15H2/t17-/m1/s1. The number of pyridine rings is 2. The van der Waals surface area contributed by atoms with Gasteiger partial charge in [0.15, 0.2) is 11.5 Å². The Morgan fingerprint density at radius 3 is 2.86 bits per heavy atom. The fourth-order valence-electron chi connectivity index (χ4n) is 4.20. The molecule has 0 aliphatic carbocycles. The molecule has 2 aliphatic rings. The number of fused-ring (bicyclic) bond motifs is 1. The molecule has 0 unspecified atom stereocenters. The molecule has 1 atom stereocenters. The van der Waals surface area contributed by atoms with Crippen LogP contribution >= 0.6 is 0 Å². The number of ether oxygens (including phenoxy) is 1. The molecule has 28 heavy (non-hydrogen) atoms. The van der Waals surface area contributed by atoms with Gasteiger partial charge >= 0.3 is 0 Å². The SMILES string of the molecule is c1ccc(CN2CCC[C@@H](c3nc4ccc(N5CCOCC5)cn4n3)C2)nc1. The molecule has 0 spiro atoms. The summed E-state index contributed by atoms with van der Waals surface area (Å²) in [5, 5.41) is 4.84. The van der Waals surface area contributed by atoms with E-state index in [0.29, 0.717) is 5.92 Å². The maximum Gasteiger partial charge on any atom is 0.156 e. The van der Waals surface area contributed by atoms with Crippen molar-refractivity contribution in [1.29, 1.82) is 0 Å². The summed E-state index contributed by atoms with van der Waals surface area (Å²) >= 11 is 0. The summed E-state index contributed by atoms with van der Waals surface area (Å²) in [6, 6.07) is 10.3. The fourth-order valence-corrected chi connectivity index (χ4v) is 4.20. The molecule has 7 heteroatoms. The Kier molecular flexibility index (Phi) is 4.93. The van der Waals surface area contributed by atoms with Crippen LogP contribution in [-0.4, -0.2) is 63.9 Å². The van der Waals surface area contributed by atoms with Gasteiger partial charge in [0.1, 0.15) is 0 Å². The van der Waals surface area contributed by atoms with E-state index in [4.69, 9.17) is 14.8 Å². The number of hydrogen-bond acceptors (Lipinski definition) is 6. The molecule has 0 radical (unpaired) electrons. The predicted molar refractivity (Wildman–Crippen MR) is 108 cm³/mol. The van der Waals surface area contributed by atoms with Gasteiger partial charge in [0, 0.05) is 38.3 Å². The quantitative estimate of drug-likeness (QED) is 0.695. The van der Waals surface area contributed by atoms with E-state index in [1.54, 1.807) is 0 Å². The van der Waals surface area contributed by atoms with E-state index >= 15 is 0 Å². The van der Waals surface area contributed by atoms with E-state index < -0.39 is 0 Å². The van der Waals surface area contributed by atoms with Crippen LogP contribution in [-0.2, 0) is 11.3 Å². The lowest BCUT2D eigenvalue weighted by Gasteiger charge is -2.31. The zero-order valence-corrected chi connectivity index (χ0v) is 16.1. The minimum Gasteiger partial charge on any atom is -0.378 e. The van der Waals surface area contributed by atoms with Gasteiger partial charge in [0.25, 0.3) is 0 Å². The third kappa shape index (κ3) is 3.72. The summed E-state index contributed by atoms with van der Waals surface area (Å²) in [6.45, 7) is 6.43. The fraction of sp³-hybridized carbons (Fsp3) is 0.476. The second kappa shape index (κ2) is 7.85. The molecule has 3 aromatic heterocycles. The van der Waals surface area contributed by atoms with Gasteiger partial charge in [-0.15, -0.1) is 0 Å². The summed E-state index contributed by atoms with van der Waals surface area (Å²) in [4.78, 5) is 14.1. The molecule has 2 aliphatic heterocycles. The second-order valence-corrected chi connectivity index (χ2v) is 7.65. The third-order valence-electron chi connectivity index (χ3n) is 5.69. The number of morpholine rings is 1. The molecule has 0 aromatic carbocycles. The van der Waals surface area contributed by atoms with Crippen molar-refractivity contribution in [2.75, 3.05) is 44.3 Å². The molecule has 7 nitrogen and oxygen atoms in total. The summed E-state index contributed by atoms with van der Waals surface area (Å²) in [6.07, 6.45) is 6.29. The van der Waals surface area contributed by atoms with Crippen LogP contribution in [0.2, 0.25) is 0 Å². The number of rotatable bonds is 4. The van der Waals surface area contributed by atoms with Crippen molar-refractivity contribution in [1.82, 2.24) is 24.5 Å². The number of likely N-dealkylation sites (tertiary alicyclic amines) is 1. The summed E-state index contributed by atoms with van der Waals surface area (Å²) < 4.78 is 7.40. The van der Waals surface area contributed by atoms with Crippen molar-refractivity contribution < 1.29 is 4.74 Å². The van der Waals surface area contributed by atoms with Crippen molar-refractivity contribution in [3.63, 3.8) is 0 Å². The summed E-state index contributed by atoms with van der Waals surface area (Å²) in [5.74, 6) is 1.34. The Hall–Kier alpha value is -2.51. The molecule has 5 rings (SSSR count). The van der Waals surface area contributed by atoms with Crippen molar-refractivity contribution in [2.24, 2.45) is 0 Å². The van der Waals surface area contributed by atoms with E-state index in [1.807, 2.05) is 16.8 Å². The second-order valence-electron chi connectivity index (χ2n) is 7.65. The van der Waals surface area contributed by atoms with Gasteiger partial charge in [-0.05, 0) is 43.7 Å². The van der Waals surface area contributed by atoms with Gasteiger partial charge in [-0.3, -0.25) is 9.88 Å². The minimum absolute atomic E-state index is 0.379. The van der Waals surface area contributed by atoms with Crippen LogP contribution in [0.5, 0.6) is 0 Å². The van der Waals surface area contributed by atoms with E-state index in [2.05, 4.69) is 45.2 Å². The smallest absolute Gasteiger partial charge is 0.156 e. The average Bonchev–Trinajstić information content (AvgIpc) is 3.19. The van der Waals surface area contributed by atoms with Crippen molar-refractivity contribution >= 4 is 11.3 Å². The van der Waals surface area contributed by atoms with Gasteiger partial charge in [0.2, 0.25) is 0 Å². The Balaban J connectivity index is 1.32. The average molecular weight is 378 g/mol. The predicted octanol–water partition coefficient (Wildman–Crippen LogP) is 2.34. The normalized spacial score (nSPS) is 21.3. The molecule has 0 bridgehead atoms. The third-order valence-corrected chi connectivity index (χ3v) is 5.69. The first-order valence-electron chi connectivity index (χ1n) is 10.2. The maximum absolute atomic E-state index is 5.46. The molecule has 3 aromatic rings. The van der Waals surface area contributed by atoms with Crippen molar-refractivity contribution in [3.05, 3.63) is 54.2 Å². The Morgan fingerprint density at radius 2 is 2.00 bits per heavy atom. The number of hydrogen-bond donors (Lipinski definition) is 0. The number of piperidine rings is 1. The van der Waals surface area contributed by atoms with Crippen molar-refractivity contribution in [3.8, 4) is 0 Å². The highest BCUT2D eigenvalue weighted by molar-refractivity contribution is 5.51. The first kappa shape index (κ1) is 17.6. The number of anilines is 1. The molecule has 146 valence electrons. The highest BCUT2D eigenvalue weighted by atomic mass is 16.5. The lowest BCUT2D eigenvalue weighted by atomic mass is 9.97. The summed E-state index contributed by atoms with van der Waals surface area (Å²) in [5.41, 5.74) is 3.24. The van der Waals surface area contributed by atoms with E-state index in [9.17, 15) is 0 Å². The van der Waals surface area contributed by atoms with Crippen LogP contribution in [0.4, 0.5) is 5.69 Å². The van der Waals surface area contributed by atoms with Gasteiger partial charge in [-0.25, -0.2) is 9.50 Å². The molecule has 0 N–H and O–H groups in total. The Labute approximate surface area is 165 Å². The van der Waals surface area contributed by atoms with Gasteiger partial charge in [-0.1, -0.05) is 6.07 Å². The van der Waals surface area contributed by atoms with Crippen LogP contribution in [0.25, 0.3) is 5.65 Å². The molecule has 2 fully saturated rings. The van der Waals surface area contributed by atoms with E-state index in [0.717, 1.165) is 69.5 Å². The Bertz CT molecular complexity index is 921. The van der Waals surface area contributed by atoms with Crippen LogP contribution < -0.4 is 4.90 Å². The molecule has 0 amide bonds. The Morgan fingerprint density at radius 1 is 1.07 bits per heavy atom. The molecular formula is C21H26N6O. The highest BCUT2D eigenvalue weighted by Crippen LogP contribution is 2.26. The molecule has 2 saturated heterocycles. The van der Waals surface area contributed by atoms with Crippen LogP contribution in [0.15, 0.2) is 42.7 Å². The molecule has 0 saturated carbocycles. The minimum atomic E-state index is 0.379. The molecule has 5 heterocycles. The molecular weight excluding hydrogens is 352 g/mol. The monoisotopic (exact) mass is 378 g/mol. The lowest BCUT2D eigenvalue weighted by molar-refractivity contribution is 0.122. The van der Waals surface area contributed by atoms with Gasteiger partial charge < -0.3 is 9.64 Å². The van der Waals surface area contributed by atoms with Crippen molar-refractivity contribution in [2.45, 2.75) is 25.3 Å².